The van der Waals surface area contributed by atoms with Gasteiger partial charge in [0.05, 0.1) is 0 Å². The molecule has 0 saturated carbocycles. The fraction of sp³-hybridized carbons (Fsp3) is 0.579. The van der Waals surface area contributed by atoms with Crippen LogP contribution in [0.2, 0.25) is 0 Å². The Balaban J connectivity index is 1.91. The SMILES string of the molecule is Cc1nc2c3c(ccc2o1)C[C@H]1N(C(=O)C(F)(F)F)CC[C@]3(C)C1(C)C. The van der Waals surface area contributed by atoms with Crippen LogP contribution in [0.15, 0.2) is 16.5 Å². The smallest absolute Gasteiger partial charge is 0.441 e. The first-order chi connectivity index (χ1) is 12.0. The summed E-state index contributed by atoms with van der Waals surface area (Å²) in [6.07, 6.45) is -4.00. The van der Waals surface area contributed by atoms with Crippen LogP contribution in [0.4, 0.5) is 13.2 Å². The molecule has 2 aliphatic rings. The van der Waals surface area contributed by atoms with Crippen molar-refractivity contribution in [3.05, 3.63) is 29.2 Å². The number of aryl methyl sites for hydroxylation is 1. The molecule has 140 valence electrons. The van der Waals surface area contributed by atoms with Gasteiger partial charge in [-0.2, -0.15) is 13.2 Å². The fourth-order valence-electron chi connectivity index (χ4n) is 4.94. The lowest BCUT2D eigenvalue weighted by Gasteiger charge is -2.60. The van der Waals surface area contributed by atoms with Crippen LogP contribution in [0, 0.1) is 12.3 Å². The second-order valence-corrected chi connectivity index (χ2v) is 8.20. The highest BCUT2D eigenvalue weighted by molar-refractivity contribution is 5.84. The molecule has 2 aromatic rings. The molecular formula is C19H21F3N2O2. The van der Waals surface area contributed by atoms with E-state index in [0.717, 1.165) is 21.5 Å². The van der Waals surface area contributed by atoms with Crippen LogP contribution in [0.1, 0.15) is 44.2 Å². The van der Waals surface area contributed by atoms with Crippen molar-refractivity contribution in [2.45, 2.75) is 58.2 Å². The number of likely N-dealkylation sites (tertiary alicyclic amines) is 1. The number of alkyl halides is 3. The average Bonchev–Trinajstić information content (AvgIpc) is 2.88. The molecule has 1 fully saturated rings. The molecule has 0 unspecified atom stereocenters. The molecule has 2 heterocycles. The van der Waals surface area contributed by atoms with Crippen molar-refractivity contribution in [3.63, 3.8) is 0 Å². The summed E-state index contributed by atoms with van der Waals surface area (Å²) >= 11 is 0. The van der Waals surface area contributed by atoms with Crippen molar-refractivity contribution < 1.29 is 22.4 Å². The number of piperidine rings is 1. The molecule has 1 saturated heterocycles. The topological polar surface area (TPSA) is 46.3 Å². The molecule has 2 atom stereocenters. The van der Waals surface area contributed by atoms with Crippen molar-refractivity contribution in [1.82, 2.24) is 9.88 Å². The first-order valence-electron chi connectivity index (χ1n) is 8.74. The second-order valence-electron chi connectivity index (χ2n) is 8.20. The first-order valence-corrected chi connectivity index (χ1v) is 8.74. The van der Waals surface area contributed by atoms with Crippen LogP contribution < -0.4 is 0 Å². The highest BCUT2D eigenvalue weighted by atomic mass is 19.4. The Labute approximate surface area is 149 Å². The van der Waals surface area contributed by atoms with Gasteiger partial charge in [0.2, 0.25) is 0 Å². The number of hydrogen-bond donors (Lipinski definition) is 0. The highest BCUT2D eigenvalue weighted by Crippen LogP contribution is 2.57. The Morgan fingerprint density at radius 1 is 1.31 bits per heavy atom. The molecule has 4 rings (SSSR count). The van der Waals surface area contributed by atoms with Crippen molar-refractivity contribution >= 4 is 17.0 Å². The summed E-state index contributed by atoms with van der Waals surface area (Å²) in [5.41, 5.74) is 2.59. The summed E-state index contributed by atoms with van der Waals surface area (Å²) in [6, 6.07) is 3.22. The van der Waals surface area contributed by atoms with E-state index in [1.54, 1.807) is 6.92 Å². The van der Waals surface area contributed by atoms with Crippen LogP contribution in [-0.4, -0.2) is 34.6 Å². The Morgan fingerprint density at radius 2 is 2.00 bits per heavy atom. The van der Waals surface area contributed by atoms with E-state index in [4.69, 9.17) is 4.42 Å². The normalized spacial score (nSPS) is 27.5. The Kier molecular flexibility index (Phi) is 3.35. The lowest BCUT2D eigenvalue weighted by molar-refractivity contribution is -0.195. The Bertz CT molecular complexity index is 915. The van der Waals surface area contributed by atoms with E-state index in [1.807, 2.05) is 26.0 Å². The molecule has 0 N–H and O–H groups in total. The number of halogens is 3. The number of oxazole rings is 1. The van der Waals surface area contributed by atoms with E-state index in [9.17, 15) is 18.0 Å². The number of carbonyl (C=O) groups is 1. The number of amides is 1. The predicted molar refractivity (Wildman–Crippen MR) is 89.8 cm³/mol. The molecule has 0 spiro atoms. The van der Waals surface area contributed by atoms with Gasteiger partial charge in [-0.1, -0.05) is 26.8 Å². The van der Waals surface area contributed by atoms with Crippen LogP contribution in [-0.2, 0) is 16.6 Å². The number of benzene rings is 1. The van der Waals surface area contributed by atoms with E-state index in [0.29, 0.717) is 24.3 Å². The number of carbonyl (C=O) groups excluding carboxylic acids is 1. The van der Waals surface area contributed by atoms with E-state index in [1.165, 1.54) is 0 Å². The average molecular weight is 366 g/mol. The number of rotatable bonds is 0. The summed E-state index contributed by atoms with van der Waals surface area (Å²) in [5, 5.41) is 0. The molecule has 26 heavy (non-hydrogen) atoms. The van der Waals surface area contributed by atoms with E-state index in [-0.39, 0.29) is 6.54 Å². The molecule has 2 bridgehead atoms. The standard InChI is InChI=1S/C19H21F3N2O2/c1-10-23-15-12(26-10)6-5-11-9-13-17(2,3)18(4,14(11)15)7-8-24(13)16(25)19(20,21)22/h5-6,13H,7-9H2,1-4H3/t13-,18+/m1/s1. The van der Waals surface area contributed by atoms with Gasteiger partial charge >= 0.3 is 12.1 Å². The largest absolute Gasteiger partial charge is 0.471 e. The zero-order chi connectivity index (χ0) is 19.1. The lowest BCUT2D eigenvalue weighted by atomic mass is 9.50. The monoisotopic (exact) mass is 366 g/mol. The number of fused-ring (bicyclic) bond motifs is 6. The van der Waals surface area contributed by atoms with Crippen molar-refractivity contribution in [2.75, 3.05) is 6.54 Å². The number of hydrogen-bond acceptors (Lipinski definition) is 3. The van der Waals surface area contributed by atoms with Gasteiger partial charge in [-0.15, -0.1) is 0 Å². The summed E-state index contributed by atoms with van der Waals surface area (Å²) < 4.78 is 45.0. The van der Waals surface area contributed by atoms with E-state index < -0.39 is 29.0 Å². The van der Waals surface area contributed by atoms with Gasteiger partial charge < -0.3 is 9.32 Å². The minimum absolute atomic E-state index is 0.0929. The minimum atomic E-state index is -4.85. The minimum Gasteiger partial charge on any atom is -0.441 e. The van der Waals surface area contributed by atoms with Gasteiger partial charge in [0, 0.05) is 24.9 Å². The van der Waals surface area contributed by atoms with E-state index in [2.05, 4.69) is 11.9 Å². The van der Waals surface area contributed by atoms with Crippen LogP contribution in [0.5, 0.6) is 0 Å². The number of nitrogens with zero attached hydrogens (tertiary/aromatic N) is 2. The summed E-state index contributed by atoms with van der Waals surface area (Å²) in [5.74, 6) is -1.17. The summed E-state index contributed by atoms with van der Waals surface area (Å²) in [6.45, 7) is 7.88. The molecule has 4 nitrogen and oxygen atoms in total. The maximum atomic E-state index is 13.1. The highest BCUT2D eigenvalue weighted by Gasteiger charge is 2.60. The number of aromatic nitrogens is 1. The third kappa shape index (κ3) is 2.09. The molecule has 1 aliphatic carbocycles. The Hall–Kier alpha value is -2.05. The zero-order valence-electron chi connectivity index (χ0n) is 15.2. The molecule has 1 aliphatic heterocycles. The van der Waals surface area contributed by atoms with Gasteiger partial charge in [-0.25, -0.2) is 4.98 Å². The maximum Gasteiger partial charge on any atom is 0.471 e. The second kappa shape index (κ2) is 5.02. The third-order valence-corrected chi connectivity index (χ3v) is 6.71. The third-order valence-electron chi connectivity index (χ3n) is 6.71. The van der Waals surface area contributed by atoms with Crippen molar-refractivity contribution in [2.24, 2.45) is 5.41 Å². The molecule has 1 aromatic heterocycles. The van der Waals surface area contributed by atoms with Gasteiger partial charge in [0.25, 0.3) is 0 Å². The van der Waals surface area contributed by atoms with Gasteiger partial charge in [0.1, 0.15) is 5.52 Å². The molecular weight excluding hydrogens is 345 g/mol. The van der Waals surface area contributed by atoms with Gasteiger partial charge in [-0.3, -0.25) is 4.79 Å². The molecule has 1 amide bonds. The molecule has 7 heteroatoms. The molecule has 1 aromatic carbocycles. The van der Waals surface area contributed by atoms with Gasteiger partial charge in [0.15, 0.2) is 11.5 Å². The first kappa shape index (κ1) is 17.4. The predicted octanol–water partition coefficient (Wildman–Crippen LogP) is 4.14. The Morgan fingerprint density at radius 3 is 2.65 bits per heavy atom. The van der Waals surface area contributed by atoms with E-state index >= 15 is 0 Å². The van der Waals surface area contributed by atoms with Crippen LogP contribution >= 0.6 is 0 Å². The van der Waals surface area contributed by atoms with Crippen LogP contribution in [0.25, 0.3) is 11.1 Å². The molecule has 0 radical (unpaired) electrons. The summed E-state index contributed by atoms with van der Waals surface area (Å²) in [4.78, 5) is 17.6. The van der Waals surface area contributed by atoms with Crippen LogP contribution in [0.3, 0.4) is 0 Å². The maximum absolute atomic E-state index is 13.1. The van der Waals surface area contributed by atoms with Gasteiger partial charge in [-0.05, 0) is 35.4 Å². The van der Waals surface area contributed by atoms with Crippen molar-refractivity contribution in [3.8, 4) is 0 Å². The fourth-order valence-corrected chi connectivity index (χ4v) is 4.94. The van der Waals surface area contributed by atoms with Crippen molar-refractivity contribution in [1.29, 1.82) is 0 Å². The quantitative estimate of drug-likeness (QED) is 0.704. The zero-order valence-corrected chi connectivity index (χ0v) is 15.2. The summed E-state index contributed by atoms with van der Waals surface area (Å²) in [7, 11) is 0. The lowest BCUT2D eigenvalue weighted by Crippen LogP contribution is -2.66.